The van der Waals surface area contributed by atoms with Crippen LogP contribution in [0, 0.1) is 5.82 Å². The number of amides is 1. The summed E-state index contributed by atoms with van der Waals surface area (Å²) in [5.41, 5.74) is 2.71. The van der Waals surface area contributed by atoms with Gasteiger partial charge in [-0.15, -0.1) is 0 Å². The molecule has 176 valence electrons. The van der Waals surface area contributed by atoms with Crippen molar-refractivity contribution in [3.63, 3.8) is 0 Å². The molecule has 0 spiro atoms. The van der Waals surface area contributed by atoms with Crippen LogP contribution in [-0.2, 0) is 23.5 Å². The van der Waals surface area contributed by atoms with Crippen LogP contribution in [0.3, 0.4) is 0 Å². The number of aryl methyl sites for hydroxylation is 1. The van der Waals surface area contributed by atoms with Crippen LogP contribution in [0.2, 0.25) is 0 Å². The van der Waals surface area contributed by atoms with Gasteiger partial charge in [0.15, 0.2) is 0 Å². The lowest BCUT2D eigenvalue weighted by molar-refractivity contribution is 0.101. The molecule has 4 aromatic rings. The van der Waals surface area contributed by atoms with Gasteiger partial charge in [0.2, 0.25) is 10.0 Å². The summed E-state index contributed by atoms with van der Waals surface area (Å²) in [5, 5.41) is 2.82. The maximum absolute atomic E-state index is 14.0. The van der Waals surface area contributed by atoms with Gasteiger partial charge in [-0.25, -0.2) is 17.8 Å². The summed E-state index contributed by atoms with van der Waals surface area (Å²) in [6, 6.07) is 13.2. The molecule has 2 aromatic carbocycles. The molecule has 1 aliphatic heterocycles. The van der Waals surface area contributed by atoms with Gasteiger partial charge in [-0.05, 0) is 48.7 Å². The Hall–Kier alpha value is -3.50. The Balaban J connectivity index is 1.34. The Labute approximate surface area is 196 Å². The molecule has 1 fully saturated rings. The normalized spacial score (nSPS) is 14.6. The molecule has 0 bridgehead atoms. The van der Waals surface area contributed by atoms with Gasteiger partial charge < -0.3 is 14.9 Å². The number of aromatic nitrogens is 3. The van der Waals surface area contributed by atoms with Crippen molar-refractivity contribution in [2.24, 2.45) is 7.05 Å². The number of imidazole rings is 1. The number of benzene rings is 2. The van der Waals surface area contributed by atoms with Crippen molar-refractivity contribution in [3.05, 3.63) is 77.6 Å². The minimum atomic E-state index is -3.61. The largest absolute Gasteiger partial charge is 0.345 e. The van der Waals surface area contributed by atoms with Crippen molar-refractivity contribution in [2.75, 3.05) is 18.4 Å². The van der Waals surface area contributed by atoms with E-state index in [0.29, 0.717) is 47.6 Å². The van der Waals surface area contributed by atoms with Gasteiger partial charge in [-0.2, -0.15) is 4.31 Å². The maximum atomic E-state index is 14.0. The highest BCUT2D eigenvalue weighted by molar-refractivity contribution is 7.89. The van der Waals surface area contributed by atoms with E-state index < -0.39 is 15.9 Å². The minimum Gasteiger partial charge on any atom is -0.345 e. The first-order valence-electron chi connectivity index (χ1n) is 11.0. The van der Waals surface area contributed by atoms with Gasteiger partial charge >= 0.3 is 0 Å². The monoisotopic (exact) mass is 481 g/mol. The van der Waals surface area contributed by atoms with Crippen LogP contribution >= 0.6 is 0 Å². The van der Waals surface area contributed by atoms with Crippen molar-refractivity contribution in [1.82, 2.24) is 18.8 Å². The lowest BCUT2D eigenvalue weighted by Gasteiger charge is -2.13. The van der Waals surface area contributed by atoms with E-state index in [9.17, 15) is 17.6 Å². The molecule has 2 aromatic heterocycles. The number of rotatable bonds is 6. The standard InChI is InChI=1S/C24H24FN5O3S/c1-29-15-18(34(32,33)30-10-4-5-11-30)14-22(29)24(31)26-17-8-9-20-21(13-17)28-23(27-20)12-16-6-2-3-7-19(16)25/h2-3,6-9,13-15H,4-5,10-12H2,1H3,(H,26,31)(H,27,28). The SMILES string of the molecule is Cn1cc(S(=O)(=O)N2CCCC2)cc1C(=O)Nc1ccc2nc(Cc3ccccc3F)[nH]c2c1. The zero-order valence-corrected chi connectivity index (χ0v) is 19.4. The molecule has 1 amide bonds. The van der Waals surface area contributed by atoms with E-state index in [4.69, 9.17) is 0 Å². The Morgan fingerprint density at radius 3 is 2.68 bits per heavy atom. The molecule has 2 N–H and O–H groups in total. The Kier molecular flexibility index (Phi) is 5.70. The predicted octanol–water partition coefficient (Wildman–Crippen LogP) is 3.67. The molecule has 34 heavy (non-hydrogen) atoms. The molecule has 3 heterocycles. The average molecular weight is 482 g/mol. The van der Waals surface area contributed by atoms with Crippen LogP contribution in [0.4, 0.5) is 10.1 Å². The Bertz CT molecular complexity index is 1490. The van der Waals surface area contributed by atoms with Gasteiger partial charge in [0.05, 0.1) is 11.0 Å². The first kappa shape index (κ1) is 22.3. The quantitative estimate of drug-likeness (QED) is 0.439. The van der Waals surface area contributed by atoms with Gasteiger partial charge in [-0.3, -0.25) is 4.79 Å². The molecule has 10 heteroatoms. The highest BCUT2D eigenvalue weighted by Gasteiger charge is 2.29. The molecule has 0 unspecified atom stereocenters. The number of nitrogens with one attached hydrogen (secondary N) is 2. The number of halogens is 1. The molecular weight excluding hydrogens is 457 g/mol. The molecular formula is C24H24FN5O3S. The Morgan fingerprint density at radius 2 is 1.91 bits per heavy atom. The summed E-state index contributed by atoms with van der Waals surface area (Å²) in [7, 11) is -1.97. The topological polar surface area (TPSA) is 100 Å². The number of carbonyl (C=O) groups is 1. The van der Waals surface area contributed by atoms with Crippen molar-refractivity contribution in [3.8, 4) is 0 Å². The minimum absolute atomic E-state index is 0.115. The summed E-state index contributed by atoms with van der Waals surface area (Å²) in [5.74, 6) is -0.0943. The maximum Gasteiger partial charge on any atom is 0.272 e. The fraction of sp³-hybridized carbons (Fsp3) is 0.250. The summed E-state index contributed by atoms with van der Waals surface area (Å²) < 4.78 is 42.6. The summed E-state index contributed by atoms with van der Waals surface area (Å²) in [6.07, 6.45) is 3.48. The van der Waals surface area contributed by atoms with E-state index in [-0.39, 0.29) is 16.4 Å². The number of fused-ring (bicyclic) bond motifs is 1. The molecule has 0 saturated carbocycles. The van der Waals surface area contributed by atoms with Crippen LogP contribution < -0.4 is 5.32 Å². The first-order valence-corrected chi connectivity index (χ1v) is 12.5. The third-order valence-corrected chi connectivity index (χ3v) is 7.88. The third-order valence-electron chi connectivity index (χ3n) is 6.02. The summed E-state index contributed by atoms with van der Waals surface area (Å²) in [6.45, 7) is 1.00. The molecule has 0 radical (unpaired) electrons. The first-order chi connectivity index (χ1) is 16.3. The van der Waals surface area contributed by atoms with Gasteiger partial charge in [0, 0.05) is 38.4 Å². The van der Waals surface area contributed by atoms with Crippen LogP contribution in [0.25, 0.3) is 11.0 Å². The average Bonchev–Trinajstić information content (AvgIpc) is 3.55. The molecule has 8 nitrogen and oxygen atoms in total. The third kappa shape index (κ3) is 4.22. The van der Waals surface area contributed by atoms with Gasteiger partial charge in [0.1, 0.15) is 22.2 Å². The lowest BCUT2D eigenvalue weighted by atomic mass is 10.1. The highest BCUT2D eigenvalue weighted by Crippen LogP contribution is 2.24. The number of H-pyrrole nitrogens is 1. The second-order valence-electron chi connectivity index (χ2n) is 8.42. The molecule has 5 rings (SSSR count). The van der Waals surface area contributed by atoms with Crippen molar-refractivity contribution in [2.45, 2.75) is 24.2 Å². The van der Waals surface area contributed by atoms with E-state index in [1.54, 1.807) is 43.4 Å². The smallest absolute Gasteiger partial charge is 0.272 e. The number of nitrogens with zero attached hydrogens (tertiary/aromatic N) is 3. The van der Waals surface area contributed by atoms with Crippen LogP contribution in [0.15, 0.2) is 59.6 Å². The predicted molar refractivity (Wildman–Crippen MR) is 127 cm³/mol. The van der Waals surface area contributed by atoms with Crippen LogP contribution in [0.1, 0.15) is 34.7 Å². The fourth-order valence-corrected chi connectivity index (χ4v) is 5.81. The highest BCUT2D eigenvalue weighted by atomic mass is 32.2. The van der Waals surface area contributed by atoms with E-state index in [2.05, 4.69) is 15.3 Å². The molecule has 1 saturated heterocycles. The number of sulfonamides is 1. The molecule has 0 atom stereocenters. The second kappa shape index (κ2) is 8.69. The number of anilines is 1. The van der Waals surface area contributed by atoms with Crippen LogP contribution in [-0.4, -0.2) is 46.3 Å². The van der Waals surface area contributed by atoms with Crippen molar-refractivity contribution < 1.29 is 17.6 Å². The zero-order valence-electron chi connectivity index (χ0n) is 18.6. The fourth-order valence-electron chi connectivity index (χ4n) is 4.22. The number of hydrogen-bond donors (Lipinski definition) is 2. The number of aromatic amines is 1. The van der Waals surface area contributed by atoms with Crippen molar-refractivity contribution in [1.29, 1.82) is 0 Å². The zero-order chi connectivity index (χ0) is 23.9. The number of hydrogen-bond acceptors (Lipinski definition) is 4. The lowest BCUT2D eigenvalue weighted by Crippen LogP contribution is -2.27. The van der Waals surface area contributed by atoms with Crippen LogP contribution in [0.5, 0.6) is 0 Å². The number of carbonyl (C=O) groups excluding carboxylic acids is 1. The molecule has 0 aliphatic carbocycles. The van der Waals surface area contributed by atoms with E-state index in [1.807, 2.05) is 0 Å². The van der Waals surface area contributed by atoms with Gasteiger partial charge in [0.25, 0.3) is 5.91 Å². The van der Waals surface area contributed by atoms with Crippen molar-refractivity contribution >= 4 is 32.7 Å². The summed E-state index contributed by atoms with van der Waals surface area (Å²) in [4.78, 5) is 20.7. The Morgan fingerprint density at radius 1 is 1.15 bits per heavy atom. The van der Waals surface area contributed by atoms with E-state index in [0.717, 1.165) is 12.8 Å². The summed E-state index contributed by atoms with van der Waals surface area (Å²) >= 11 is 0. The second-order valence-corrected chi connectivity index (χ2v) is 10.4. The van der Waals surface area contributed by atoms with E-state index >= 15 is 0 Å². The van der Waals surface area contributed by atoms with Gasteiger partial charge in [-0.1, -0.05) is 18.2 Å². The molecule has 1 aliphatic rings. The van der Waals surface area contributed by atoms with E-state index in [1.165, 1.54) is 27.2 Å².